The molecule has 0 heterocycles. The van der Waals surface area contributed by atoms with Gasteiger partial charge in [0.2, 0.25) is 0 Å². The van der Waals surface area contributed by atoms with Gasteiger partial charge in [-0.05, 0) is 81.5 Å². The van der Waals surface area contributed by atoms with Gasteiger partial charge in [-0.3, -0.25) is 0 Å². The molecule has 0 bridgehead atoms. The third-order valence-electron chi connectivity index (χ3n) is 5.77. The molecule has 0 saturated heterocycles. The summed E-state index contributed by atoms with van der Waals surface area (Å²) in [5, 5.41) is 0. The van der Waals surface area contributed by atoms with Crippen LogP contribution in [0.15, 0.2) is 37.5 Å². The molecular weight excluding hydrogens is 252 g/mol. The Morgan fingerprint density at radius 3 is 2.00 bits per heavy atom. The largest absolute Gasteiger partial charge is 0.103 e. The van der Waals surface area contributed by atoms with Gasteiger partial charge in [0.15, 0.2) is 0 Å². The Labute approximate surface area is 132 Å². The van der Waals surface area contributed by atoms with E-state index in [1.165, 1.54) is 70.6 Å². The van der Waals surface area contributed by atoms with Crippen molar-refractivity contribution in [3.05, 3.63) is 37.5 Å². The molecule has 2 saturated carbocycles. The molecule has 0 spiro atoms. The smallest absolute Gasteiger partial charge is 0.0233 e. The van der Waals surface area contributed by atoms with Gasteiger partial charge >= 0.3 is 0 Å². The topological polar surface area (TPSA) is 0 Å². The molecule has 0 unspecified atom stereocenters. The van der Waals surface area contributed by atoms with Crippen LogP contribution < -0.4 is 0 Å². The summed E-state index contributed by atoms with van der Waals surface area (Å²) in [6.07, 6.45) is 24.5. The third kappa shape index (κ3) is 5.85. The normalized spacial score (nSPS) is 33.9. The molecule has 0 aromatic rings. The van der Waals surface area contributed by atoms with Crippen molar-refractivity contribution in [2.75, 3.05) is 0 Å². The molecule has 0 N–H and O–H groups in total. The molecule has 2 aliphatic carbocycles. The quantitative estimate of drug-likeness (QED) is 0.457. The van der Waals surface area contributed by atoms with E-state index in [4.69, 9.17) is 0 Å². The predicted molar refractivity (Wildman–Crippen MR) is 94.3 cm³/mol. The van der Waals surface area contributed by atoms with E-state index in [-0.39, 0.29) is 0 Å². The second kappa shape index (κ2) is 9.28. The van der Waals surface area contributed by atoms with E-state index < -0.39 is 0 Å². The van der Waals surface area contributed by atoms with Crippen LogP contribution in [0.2, 0.25) is 0 Å². The fourth-order valence-corrected chi connectivity index (χ4v) is 4.19. The standard InChI is InChI=1S/C21H34/c1-3-7-19-14-16-21(17-15-19)9-6-5-8-20-12-10-18(4-2)11-13-20/h3-5,8,18-21H,1-2,6-7,9-17H2. The molecule has 0 radical (unpaired) electrons. The first-order valence-corrected chi connectivity index (χ1v) is 9.22. The lowest BCUT2D eigenvalue weighted by Gasteiger charge is -2.27. The van der Waals surface area contributed by atoms with Crippen molar-refractivity contribution in [2.24, 2.45) is 23.7 Å². The van der Waals surface area contributed by atoms with Gasteiger partial charge in [0.25, 0.3) is 0 Å². The Morgan fingerprint density at radius 1 is 0.762 bits per heavy atom. The summed E-state index contributed by atoms with van der Waals surface area (Å²) in [5.74, 6) is 3.58. The highest BCUT2D eigenvalue weighted by Gasteiger charge is 2.20. The number of allylic oxidation sites excluding steroid dienone is 4. The van der Waals surface area contributed by atoms with E-state index in [0.717, 1.165) is 23.7 Å². The molecule has 2 rings (SSSR count). The number of hydrogen-bond donors (Lipinski definition) is 0. The van der Waals surface area contributed by atoms with Crippen molar-refractivity contribution in [1.29, 1.82) is 0 Å². The van der Waals surface area contributed by atoms with Gasteiger partial charge in [0.1, 0.15) is 0 Å². The molecular formula is C21H34. The maximum absolute atomic E-state index is 3.93. The second-order valence-electron chi connectivity index (χ2n) is 7.33. The van der Waals surface area contributed by atoms with E-state index in [1.807, 2.05) is 0 Å². The molecule has 2 aliphatic rings. The van der Waals surface area contributed by atoms with Crippen LogP contribution in [-0.2, 0) is 0 Å². The van der Waals surface area contributed by atoms with E-state index in [2.05, 4.69) is 37.5 Å². The lowest BCUT2D eigenvalue weighted by molar-refractivity contribution is 0.266. The van der Waals surface area contributed by atoms with Crippen molar-refractivity contribution in [2.45, 2.75) is 70.6 Å². The highest BCUT2D eigenvalue weighted by molar-refractivity contribution is 4.94. The van der Waals surface area contributed by atoms with Gasteiger partial charge in [-0.25, -0.2) is 0 Å². The first-order chi connectivity index (χ1) is 10.3. The third-order valence-corrected chi connectivity index (χ3v) is 5.77. The van der Waals surface area contributed by atoms with Gasteiger partial charge in [0, 0.05) is 0 Å². The van der Waals surface area contributed by atoms with Gasteiger partial charge < -0.3 is 0 Å². The van der Waals surface area contributed by atoms with Crippen LogP contribution in [0.5, 0.6) is 0 Å². The van der Waals surface area contributed by atoms with Crippen LogP contribution in [0, 0.1) is 23.7 Å². The first kappa shape index (κ1) is 16.6. The van der Waals surface area contributed by atoms with Gasteiger partial charge in [0.05, 0.1) is 0 Å². The number of rotatable bonds is 7. The molecule has 0 atom stereocenters. The summed E-state index contributed by atoms with van der Waals surface area (Å²) < 4.78 is 0. The zero-order valence-corrected chi connectivity index (χ0v) is 13.8. The number of hydrogen-bond acceptors (Lipinski definition) is 0. The molecule has 2 fully saturated rings. The van der Waals surface area contributed by atoms with Crippen molar-refractivity contribution >= 4 is 0 Å². The van der Waals surface area contributed by atoms with Crippen LogP contribution in [0.3, 0.4) is 0 Å². The SMILES string of the molecule is C=CCC1CCC(CCC=CC2CCC(C=C)CC2)CC1. The van der Waals surface area contributed by atoms with E-state index in [1.54, 1.807) is 0 Å². The Hall–Kier alpha value is -0.780. The minimum atomic E-state index is 0.792. The van der Waals surface area contributed by atoms with Gasteiger partial charge in [-0.15, -0.1) is 13.2 Å². The molecule has 21 heavy (non-hydrogen) atoms. The van der Waals surface area contributed by atoms with Gasteiger partial charge in [-0.2, -0.15) is 0 Å². The summed E-state index contributed by atoms with van der Waals surface area (Å²) in [7, 11) is 0. The zero-order chi connectivity index (χ0) is 14.9. The van der Waals surface area contributed by atoms with E-state index in [9.17, 15) is 0 Å². The zero-order valence-electron chi connectivity index (χ0n) is 13.8. The Balaban J connectivity index is 1.56. The van der Waals surface area contributed by atoms with Gasteiger partial charge in [-0.1, -0.05) is 37.1 Å². The van der Waals surface area contributed by atoms with Crippen molar-refractivity contribution < 1.29 is 0 Å². The second-order valence-corrected chi connectivity index (χ2v) is 7.33. The summed E-state index contributed by atoms with van der Waals surface area (Å²) in [6.45, 7) is 7.80. The van der Waals surface area contributed by atoms with Crippen LogP contribution in [0.1, 0.15) is 70.6 Å². The minimum Gasteiger partial charge on any atom is -0.103 e. The monoisotopic (exact) mass is 286 g/mol. The Bertz CT molecular complexity index is 322. The van der Waals surface area contributed by atoms with Crippen LogP contribution in [0.25, 0.3) is 0 Å². The molecule has 0 aromatic carbocycles. The van der Waals surface area contributed by atoms with Crippen molar-refractivity contribution in [3.8, 4) is 0 Å². The molecule has 0 aromatic heterocycles. The van der Waals surface area contributed by atoms with Crippen molar-refractivity contribution in [3.63, 3.8) is 0 Å². The fourth-order valence-electron chi connectivity index (χ4n) is 4.19. The maximum Gasteiger partial charge on any atom is -0.0233 e. The predicted octanol–water partition coefficient (Wildman–Crippen LogP) is 6.70. The lowest BCUT2D eigenvalue weighted by atomic mass is 9.78. The van der Waals surface area contributed by atoms with Crippen LogP contribution in [-0.4, -0.2) is 0 Å². The minimum absolute atomic E-state index is 0.792. The van der Waals surface area contributed by atoms with Crippen LogP contribution in [0.4, 0.5) is 0 Å². The molecule has 0 nitrogen and oxygen atoms in total. The highest BCUT2D eigenvalue weighted by Crippen LogP contribution is 2.34. The molecule has 118 valence electrons. The Kier molecular flexibility index (Phi) is 7.33. The first-order valence-electron chi connectivity index (χ1n) is 9.22. The van der Waals surface area contributed by atoms with Crippen LogP contribution >= 0.6 is 0 Å². The molecule has 0 amide bonds. The average molecular weight is 287 g/mol. The lowest BCUT2D eigenvalue weighted by Crippen LogP contribution is -2.14. The van der Waals surface area contributed by atoms with E-state index in [0.29, 0.717) is 0 Å². The van der Waals surface area contributed by atoms with E-state index >= 15 is 0 Å². The Morgan fingerprint density at radius 2 is 1.38 bits per heavy atom. The highest BCUT2D eigenvalue weighted by atomic mass is 14.3. The maximum atomic E-state index is 3.93. The fraction of sp³-hybridized carbons (Fsp3) is 0.714. The summed E-state index contributed by atoms with van der Waals surface area (Å²) in [6, 6.07) is 0. The summed E-state index contributed by atoms with van der Waals surface area (Å²) in [4.78, 5) is 0. The summed E-state index contributed by atoms with van der Waals surface area (Å²) in [5.41, 5.74) is 0. The van der Waals surface area contributed by atoms with Crippen molar-refractivity contribution in [1.82, 2.24) is 0 Å². The average Bonchev–Trinajstić information content (AvgIpc) is 2.54. The molecule has 0 aliphatic heterocycles. The summed E-state index contributed by atoms with van der Waals surface area (Å²) >= 11 is 0. The molecule has 0 heteroatoms.